The van der Waals surface area contributed by atoms with Crippen LogP contribution in [-0.2, 0) is 16.0 Å². The molecule has 0 aromatic heterocycles. The van der Waals surface area contributed by atoms with E-state index < -0.39 is 0 Å². The van der Waals surface area contributed by atoms with E-state index in [1.165, 1.54) is 18.2 Å². The van der Waals surface area contributed by atoms with Gasteiger partial charge in [-0.1, -0.05) is 13.0 Å². The maximum atomic E-state index is 13.3. The van der Waals surface area contributed by atoms with Crippen molar-refractivity contribution in [3.63, 3.8) is 0 Å². The zero-order valence-electron chi connectivity index (χ0n) is 19.3. The summed E-state index contributed by atoms with van der Waals surface area (Å²) in [6.45, 7) is 6.03. The van der Waals surface area contributed by atoms with Crippen LogP contribution in [0, 0.1) is 5.92 Å². The number of likely N-dealkylation sites (N-methyl/N-ethyl adjacent to an activating group) is 1. The van der Waals surface area contributed by atoms with Crippen molar-refractivity contribution in [2.24, 2.45) is 5.92 Å². The van der Waals surface area contributed by atoms with E-state index in [4.69, 9.17) is 4.74 Å². The van der Waals surface area contributed by atoms with E-state index in [9.17, 15) is 9.59 Å². The predicted octanol–water partition coefficient (Wildman–Crippen LogP) is 4.03. The second kappa shape index (κ2) is 9.60. The number of anilines is 1. The zero-order chi connectivity index (χ0) is 22.0. The van der Waals surface area contributed by atoms with Crippen LogP contribution in [0.5, 0.6) is 0 Å². The molecular weight excluding hydrogens is 390 g/mol. The molecule has 31 heavy (non-hydrogen) atoms. The van der Waals surface area contributed by atoms with Crippen LogP contribution in [0.2, 0.25) is 0 Å². The van der Waals surface area contributed by atoms with Crippen LogP contribution in [-0.4, -0.2) is 68.2 Å². The Hall–Kier alpha value is -2.08. The van der Waals surface area contributed by atoms with Gasteiger partial charge in [-0.25, -0.2) is 4.79 Å². The monoisotopic (exact) mass is 427 g/mol. The minimum Gasteiger partial charge on any atom is -0.469 e. The van der Waals surface area contributed by atoms with Gasteiger partial charge in [0, 0.05) is 44.3 Å². The van der Waals surface area contributed by atoms with Gasteiger partial charge in [-0.3, -0.25) is 9.69 Å². The third kappa shape index (κ3) is 4.89. The van der Waals surface area contributed by atoms with E-state index >= 15 is 0 Å². The number of ether oxygens (including phenoxy) is 1. The lowest BCUT2D eigenvalue weighted by atomic mass is 9.83. The van der Waals surface area contributed by atoms with Crippen molar-refractivity contribution in [1.29, 1.82) is 0 Å². The number of hydrogen-bond acceptors (Lipinski definition) is 4. The number of nitrogens with zero attached hydrogens (tertiary/aromatic N) is 3. The van der Waals surface area contributed by atoms with Gasteiger partial charge in [-0.05, 0) is 80.7 Å². The largest absolute Gasteiger partial charge is 0.469 e. The van der Waals surface area contributed by atoms with E-state index in [-0.39, 0.29) is 12.0 Å². The maximum absolute atomic E-state index is 13.3. The maximum Gasteiger partial charge on any atom is 0.324 e. The molecule has 1 saturated heterocycles. The fourth-order valence-electron chi connectivity index (χ4n) is 5.71. The van der Waals surface area contributed by atoms with Crippen LogP contribution >= 0.6 is 0 Å². The Morgan fingerprint density at radius 2 is 1.90 bits per heavy atom. The molecular formula is C25H37N3O3. The van der Waals surface area contributed by atoms with Gasteiger partial charge in [0.1, 0.15) is 0 Å². The van der Waals surface area contributed by atoms with Crippen molar-refractivity contribution in [1.82, 2.24) is 9.80 Å². The summed E-state index contributed by atoms with van der Waals surface area (Å²) in [6.07, 6.45) is 6.76. The molecule has 1 atom stereocenters. The Kier molecular flexibility index (Phi) is 6.85. The van der Waals surface area contributed by atoms with Crippen LogP contribution < -0.4 is 4.90 Å². The standard InChI is InChI=1S/C25H37N3O3/c1-18-17-26(2)13-12-20-7-10-22(16-23(18)20)28-15-14-27(25(28)30)21-8-4-19(5-9-21)6-11-24(29)31-3/h7,10,16,18-19,21H,4-6,8-9,11-15,17H2,1-3H3. The minimum atomic E-state index is -0.116. The number of esters is 1. The topological polar surface area (TPSA) is 53.1 Å². The quantitative estimate of drug-likeness (QED) is 0.666. The highest BCUT2D eigenvalue weighted by Crippen LogP contribution is 2.34. The van der Waals surface area contributed by atoms with Crippen molar-refractivity contribution >= 4 is 17.7 Å². The molecule has 1 aromatic rings. The summed E-state index contributed by atoms with van der Waals surface area (Å²) in [7, 11) is 3.64. The summed E-state index contributed by atoms with van der Waals surface area (Å²) in [5, 5.41) is 0. The highest BCUT2D eigenvalue weighted by Gasteiger charge is 2.36. The zero-order valence-corrected chi connectivity index (χ0v) is 19.3. The lowest BCUT2D eigenvalue weighted by Gasteiger charge is -2.34. The first-order chi connectivity index (χ1) is 15.0. The van der Waals surface area contributed by atoms with Gasteiger partial charge < -0.3 is 14.5 Å². The number of fused-ring (bicyclic) bond motifs is 1. The molecule has 170 valence electrons. The normalized spacial score (nSPS) is 27.2. The van der Waals surface area contributed by atoms with E-state index in [1.54, 1.807) is 0 Å². The summed E-state index contributed by atoms with van der Waals surface area (Å²) in [6, 6.07) is 7.14. The van der Waals surface area contributed by atoms with Crippen molar-refractivity contribution in [2.45, 2.75) is 63.8 Å². The molecule has 2 heterocycles. The molecule has 6 heteroatoms. The minimum absolute atomic E-state index is 0.116. The third-order valence-corrected chi connectivity index (χ3v) is 7.60. The third-order valence-electron chi connectivity index (χ3n) is 7.60. The first kappa shape index (κ1) is 22.1. The van der Waals surface area contributed by atoms with Crippen LogP contribution in [0.1, 0.15) is 62.5 Å². The molecule has 0 radical (unpaired) electrons. The molecule has 6 nitrogen and oxygen atoms in total. The Morgan fingerprint density at radius 3 is 2.65 bits per heavy atom. The van der Waals surface area contributed by atoms with Gasteiger partial charge >= 0.3 is 12.0 Å². The molecule has 4 rings (SSSR count). The summed E-state index contributed by atoms with van der Waals surface area (Å²) in [4.78, 5) is 31.2. The number of urea groups is 1. The fraction of sp³-hybridized carbons (Fsp3) is 0.680. The van der Waals surface area contributed by atoms with Gasteiger partial charge in [0.05, 0.1) is 7.11 Å². The Morgan fingerprint density at radius 1 is 1.13 bits per heavy atom. The van der Waals surface area contributed by atoms with Gasteiger partial charge in [0.2, 0.25) is 0 Å². The molecule has 3 aliphatic rings. The van der Waals surface area contributed by atoms with E-state index in [2.05, 4.69) is 42.0 Å². The van der Waals surface area contributed by atoms with Crippen LogP contribution in [0.3, 0.4) is 0 Å². The second-order valence-corrected chi connectivity index (χ2v) is 9.71. The number of carbonyl (C=O) groups excluding carboxylic acids is 2. The van der Waals surface area contributed by atoms with Gasteiger partial charge in [-0.15, -0.1) is 0 Å². The SMILES string of the molecule is COC(=O)CCC1CCC(N2CCN(c3ccc4c(c3)C(C)CN(C)CC4)C2=O)CC1. The first-order valence-corrected chi connectivity index (χ1v) is 11.9. The molecule has 1 unspecified atom stereocenters. The van der Waals surface area contributed by atoms with Gasteiger partial charge in [0.15, 0.2) is 0 Å². The molecule has 0 spiro atoms. The summed E-state index contributed by atoms with van der Waals surface area (Å²) in [5.74, 6) is 0.944. The number of hydrogen-bond donors (Lipinski definition) is 0. The number of benzene rings is 1. The molecule has 2 aliphatic heterocycles. The molecule has 1 saturated carbocycles. The number of amides is 2. The van der Waals surface area contributed by atoms with Crippen molar-refractivity contribution in [3.05, 3.63) is 29.3 Å². The smallest absolute Gasteiger partial charge is 0.324 e. The predicted molar refractivity (Wildman–Crippen MR) is 123 cm³/mol. The fourth-order valence-corrected chi connectivity index (χ4v) is 5.71. The Balaban J connectivity index is 1.37. The molecule has 1 aliphatic carbocycles. The van der Waals surface area contributed by atoms with Crippen molar-refractivity contribution in [3.8, 4) is 0 Å². The molecule has 2 amide bonds. The average molecular weight is 428 g/mol. The number of rotatable bonds is 5. The highest BCUT2D eigenvalue weighted by atomic mass is 16.5. The Bertz CT molecular complexity index is 803. The summed E-state index contributed by atoms with van der Waals surface area (Å²) >= 11 is 0. The highest BCUT2D eigenvalue weighted by molar-refractivity contribution is 5.94. The first-order valence-electron chi connectivity index (χ1n) is 11.9. The molecule has 0 N–H and O–H groups in total. The molecule has 2 fully saturated rings. The van der Waals surface area contributed by atoms with E-state index in [1.807, 2.05) is 4.90 Å². The lowest BCUT2D eigenvalue weighted by Crippen LogP contribution is -2.41. The van der Waals surface area contributed by atoms with Crippen LogP contribution in [0.4, 0.5) is 10.5 Å². The van der Waals surface area contributed by atoms with Crippen LogP contribution in [0.15, 0.2) is 18.2 Å². The summed E-state index contributed by atoms with van der Waals surface area (Å²) < 4.78 is 4.77. The molecule has 1 aromatic carbocycles. The lowest BCUT2D eigenvalue weighted by molar-refractivity contribution is -0.141. The molecule has 0 bridgehead atoms. The van der Waals surface area contributed by atoms with Crippen molar-refractivity contribution in [2.75, 3.05) is 45.2 Å². The summed E-state index contributed by atoms with van der Waals surface area (Å²) in [5.41, 5.74) is 3.88. The van der Waals surface area contributed by atoms with E-state index in [0.717, 1.165) is 70.4 Å². The number of methoxy groups -OCH3 is 1. The number of carbonyl (C=O) groups is 2. The van der Waals surface area contributed by atoms with E-state index in [0.29, 0.717) is 24.3 Å². The van der Waals surface area contributed by atoms with Gasteiger partial charge in [0.25, 0.3) is 0 Å². The van der Waals surface area contributed by atoms with Crippen LogP contribution in [0.25, 0.3) is 0 Å². The van der Waals surface area contributed by atoms with Gasteiger partial charge in [-0.2, -0.15) is 0 Å². The second-order valence-electron chi connectivity index (χ2n) is 9.71. The Labute approximate surface area is 186 Å². The van der Waals surface area contributed by atoms with Crippen molar-refractivity contribution < 1.29 is 14.3 Å². The average Bonchev–Trinajstić information content (AvgIpc) is 3.10.